The lowest BCUT2D eigenvalue weighted by Crippen LogP contribution is -2.16. The Balaban J connectivity index is 3.34. The molecule has 0 aliphatic carbocycles. The van der Waals surface area contributed by atoms with Gasteiger partial charge < -0.3 is 5.11 Å². The van der Waals surface area contributed by atoms with Gasteiger partial charge in [-0.05, 0) is 20.3 Å². The monoisotopic (exact) mass is 99.1 g/mol. The molecule has 41 valence electrons. The molecule has 0 bridgehead atoms. The highest BCUT2D eigenvalue weighted by atomic mass is 16.3. The highest BCUT2D eigenvalue weighted by molar-refractivity contribution is 4.83. The van der Waals surface area contributed by atoms with Crippen molar-refractivity contribution in [2.45, 2.75) is 18.9 Å². The zero-order valence-electron chi connectivity index (χ0n) is 4.65. The third-order valence-corrected chi connectivity index (χ3v) is 0.584. The summed E-state index contributed by atoms with van der Waals surface area (Å²) in [4.78, 5) is 0. The van der Waals surface area contributed by atoms with Crippen LogP contribution in [0.2, 0.25) is 0 Å². The molecule has 1 nitrogen and oxygen atoms in total. The Labute approximate surface area is 44.7 Å². The van der Waals surface area contributed by atoms with E-state index in [9.17, 15) is 0 Å². The minimum Gasteiger partial charge on any atom is -0.390 e. The summed E-state index contributed by atoms with van der Waals surface area (Å²) in [6, 6.07) is 0. The van der Waals surface area contributed by atoms with Crippen LogP contribution in [0.25, 0.3) is 0 Å². The van der Waals surface area contributed by atoms with E-state index in [1.165, 1.54) is 0 Å². The standard InChI is InChI=1S/C6H11O/c1-4-5-6(2,3)7/h4,7H,1-2,5H2,3H3. The highest BCUT2D eigenvalue weighted by Gasteiger charge is 2.07. The molecule has 0 saturated carbocycles. The summed E-state index contributed by atoms with van der Waals surface area (Å²) in [6.45, 7) is 8.54. The van der Waals surface area contributed by atoms with E-state index in [0.29, 0.717) is 6.42 Å². The van der Waals surface area contributed by atoms with Gasteiger partial charge in [0.1, 0.15) is 0 Å². The van der Waals surface area contributed by atoms with E-state index >= 15 is 0 Å². The van der Waals surface area contributed by atoms with Crippen LogP contribution in [0.4, 0.5) is 0 Å². The van der Waals surface area contributed by atoms with Crippen molar-refractivity contribution in [3.63, 3.8) is 0 Å². The van der Waals surface area contributed by atoms with Crippen molar-refractivity contribution in [3.05, 3.63) is 19.6 Å². The van der Waals surface area contributed by atoms with E-state index < -0.39 is 5.60 Å². The van der Waals surface area contributed by atoms with Gasteiger partial charge in [0.15, 0.2) is 0 Å². The van der Waals surface area contributed by atoms with Crippen LogP contribution in [0.1, 0.15) is 13.3 Å². The molecule has 0 fully saturated rings. The molecule has 1 radical (unpaired) electrons. The summed E-state index contributed by atoms with van der Waals surface area (Å²) in [5.41, 5.74) is -0.818. The Hall–Kier alpha value is -0.300. The number of hydrogen-bond acceptors (Lipinski definition) is 1. The summed E-state index contributed by atoms with van der Waals surface area (Å²) in [5.74, 6) is 0. The predicted molar refractivity (Wildman–Crippen MR) is 30.8 cm³/mol. The van der Waals surface area contributed by atoms with Crippen LogP contribution in [0, 0.1) is 6.92 Å². The molecule has 1 heteroatoms. The van der Waals surface area contributed by atoms with Crippen molar-refractivity contribution in [3.8, 4) is 0 Å². The van der Waals surface area contributed by atoms with Crippen molar-refractivity contribution in [1.82, 2.24) is 0 Å². The molecular formula is C6H11O. The lowest BCUT2D eigenvalue weighted by molar-refractivity contribution is 0.112. The SMILES string of the molecule is [CH2]C(C)(O)CC=C. The third-order valence-electron chi connectivity index (χ3n) is 0.584. The van der Waals surface area contributed by atoms with Crippen molar-refractivity contribution in [2.24, 2.45) is 0 Å². The smallest absolute Gasteiger partial charge is 0.0655 e. The third kappa shape index (κ3) is 5.70. The van der Waals surface area contributed by atoms with Gasteiger partial charge in [-0.25, -0.2) is 0 Å². The average molecular weight is 99.2 g/mol. The van der Waals surface area contributed by atoms with Crippen LogP contribution in [0.15, 0.2) is 12.7 Å². The van der Waals surface area contributed by atoms with E-state index in [2.05, 4.69) is 13.5 Å². The molecule has 1 N–H and O–H groups in total. The van der Waals surface area contributed by atoms with Gasteiger partial charge in [-0.15, -0.1) is 6.58 Å². The topological polar surface area (TPSA) is 20.2 Å². The Morgan fingerprint density at radius 3 is 2.29 bits per heavy atom. The van der Waals surface area contributed by atoms with Crippen LogP contribution in [0.5, 0.6) is 0 Å². The Bertz CT molecular complexity index is 59.1. The fourth-order valence-electron chi connectivity index (χ4n) is 0.311. The van der Waals surface area contributed by atoms with Gasteiger partial charge in [-0.1, -0.05) is 6.08 Å². The first kappa shape index (κ1) is 6.70. The van der Waals surface area contributed by atoms with Gasteiger partial charge in [0.2, 0.25) is 0 Å². The first-order valence-corrected chi connectivity index (χ1v) is 2.25. The lowest BCUT2D eigenvalue weighted by atomic mass is 10.1. The number of rotatable bonds is 2. The second-order valence-corrected chi connectivity index (χ2v) is 1.99. The molecule has 0 heterocycles. The Kier molecular flexibility index (Phi) is 2.03. The molecule has 0 aliphatic rings. The van der Waals surface area contributed by atoms with E-state index in [1.807, 2.05) is 0 Å². The van der Waals surface area contributed by atoms with Crippen LogP contribution < -0.4 is 0 Å². The van der Waals surface area contributed by atoms with Crippen LogP contribution >= 0.6 is 0 Å². The molecule has 7 heavy (non-hydrogen) atoms. The summed E-state index contributed by atoms with van der Waals surface area (Å²) in [7, 11) is 0. The van der Waals surface area contributed by atoms with Gasteiger partial charge in [0.25, 0.3) is 0 Å². The molecule has 0 saturated heterocycles. The minimum absolute atomic E-state index is 0.549. The maximum atomic E-state index is 8.84. The summed E-state index contributed by atoms with van der Waals surface area (Å²) in [6.07, 6.45) is 2.19. The van der Waals surface area contributed by atoms with E-state index in [4.69, 9.17) is 5.11 Å². The fraction of sp³-hybridized carbons (Fsp3) is 0.500. The fourth-order valence-corrected chi connectivity index (χ4v) is 0.311. The Morgan fingerprint density at radius 1 is 1.86 bits per heavy atom. The quantitative estimate of drug-likeness (QED) is 0.515. The second kappa shape index (κ2) is 2.12. The predicted octanol–water partition coefficient (Wildman–Crippen LogP) is 1.15. The van der Waals surface area contributed by atoms with Crippen molar-refractivity contribution in [1.29, 1.82) is 0 Å². The molecule has 0 spiro atoms. The second-order valence-electron chi connectivity index (χ2n) is 1.99. The molecule has 0 aromatic carbocycles. The molecule has 0 rings (SSSR count). The molecule has 1 unspecified atom stereocenters. The van der Waals surface area contributed by atoms with Gasteiger partial charge >= 0.3 is 0 Å². The highest BCUT2D eigenvalue weighted by Crippen LogP contribution is 2.04. The average Bonchev–Trinajstić information content (AvgIpc) is 1.30. The van der Waals surface area contributed by atoms with Crippen LogP contribution in [-0.4, -0.2) is 10.7 Å². The van der Waals surface area contributed by atoms with Crippen molar-refractivity contribution in [2.75, 3.05) is 0 Å². The molecule has 1 atom stereocenters. The maximum Gasteiger partial charge on any atom is 0.0655 e. The summed E-state index contributed by atoms with van der Waals surface area (Å²) >= 11 is 0. The van der Waals surface area contributed by atoms with Crippen molar-refractivity contribution < 1.29 is 5.11 Å². The van der Waals surface area contributed by atoms with Crippen LogP contribution in [-0.2, 0) is 0 Å². The molecule has 0 amide bonds. The van der Waals surface area contributed by atoms with E-state index in [0.717, 1.165) is 0 Å². The van der Waals surface area contributed by atoms with Crippen LogP contribution in [0.3, 0.4) is 0 Å². The van der Waals surface area contributed by atoms with Gasteiger partial charge in [-0.3, -0.25) is 0 Å². The largest absolute Gasteiger partial charge is 0.390 e. The van der Waals surface area contributed by atoms with Crippen molar-refractivity contribution >= 4 is 0 Å². The van der Waals surface area contributed by atoms with Gasteiger partial charge in [-0.2, -0.15) is 0 Å². The van der Waals surface area contributed by atoms with Gasteiger partial charge in [0.05, 0.1) is 5.60 Å². The summed E-state index contributed by atoms with van der Waals surface area (Å²) in [5, 5.41) is 8.84. The normalized spacial score (nSPS) is 11.3. The first-order chi connectivity index (χ1) is 3.06. The van der Waals surface area contributed by atoms with E-state index in [1.54, 1.807) is 13.0 Å². The first-order valence-electron chi connectivity index (χ1n) is 2.25. The zero-order valence-corrected chi connectivity index (χ0v) is 4.65. The van der Waals surface area contributed by atoms with Gasteiger partial charge in [0, 0.05) is 0 Å². The molecule has 0 aromatic rings. The zero-order chi connectivity index (χ0) is 5.91. The number of aliphatic hydroxyl groups is 1. The molecule has 0 aromatic heterocycles. The Morgan fingerprint density at radius 2 is 2.29 bits per heavy atom. The minimum atomic E-state index is -0.818. The summed E-state index contributed by atoms with van der Waals surface area (Å²) < 4.78 is 0. The molecule has 0 aliphatic heterocycles. The van der Waals surface area contributed by atoms with E-state index in [-0.39, 0.29) is 0 Å². The molecular weight excluding hydrogens is 88.1 g/mol. The number of hydrogen-bond donors (Lipinski definition) is 1. The maximum absolute atomic E-state index is 8.84. The lowest BCUT2D eigenvalue weighted by Gasteiger charge is -2.12.